The van der Waals surface area contributed by atoms with E-state index < -0.39 is 17.1 Å². The second-order valence-electron chi connectivity index (χ2n) is 2.72. The molecule has 0 heterocycles. The molecule has 0 spiro atoms. The van der Waals surface area contributed by atoms with E-state index in [1.807, 2.05) is 0 Å². The molecule has 1 unspecified atom stereocenters. The summed E-state index contributed by atoms with van der Waals surface area (Å²) in [6.07, 6.45) is 0.948. The van der Waals surface area contributed by atoms with Gasteiger partial charge in [-0.15, -0.1) is 10.1 Å². The Labute approximate surface area is 92.4 Å². The summed E-state index contributed by atoms with van der Waals surface area (Å²) >= 11 is 3.84. The second-order valence-corrected chi connectivity index (χ2v) is 3.09. The van der Waals surface area contributed by atoms with Crippen LogP contribution in [0.4, 0.5) is 0 Å². The van der Waals surface area contributed by atoms with Gasteiger partial charge < -0.3 is 15.3 Å². The lowest BCUT2D eigenvalue weighted by molar-refractivity contribution is -0.757. The Kier molecular flexibility index (Phi) is 7.74. The number of carbonyl (C=O) groups is 1. The van der Waals surface area contributed by atoms with Gasteiger partial charge in [0.25, 0.3) is 5.09 Å². The fourth-order valence-electron chi connectivity index (χ4n) is 0.698. The first-order valence-electron chi connectivity index (χ1n) is 4.38. The zero-order valence-electron chi connectivity index (χ0n) is 8.13. The second kappa shape index (κ2) is 8.30. The highest BCUT2D eigenvalue weighted by Crippen LogP contribution is 1.94. The van der Waals surface area contributed by atoms with Crippen molar-refractivity contribution in [3.63, 3.8) is 0 Å². The first kappa shape index (κ1) is 14.0. The zero-order chi connectivity index (χ0) is 11.7. The van der Waals surface area contributed by atoms with Crippen LogP contribution >= 0.6 is 12.6 Å². The molecule has 0 fully saturated rings. The van der Waals surface area contributed by atoms with Crippen molar-refractivity contribution in [1.82, 2.24) is 0 Å². The van der Waals surface area contributed by atoms with Crippen molar-refractivity contribution in [2.45, 2.75) is 18.9 Å². The van der Waals surface area contributed by atoms with Gasteiger partial charge in [-0.2, -0.15) is 12.6 Å². The van der Waals surface area contributed by atoms with Crippen molar-refractivity contribution in [1.29, 1.82) is 0 Å². The highest BCUT2D eigenvalue weighted by molar-refractivity contribution is 7.80. The highest BCUT2D eigenvalue weighted by Gasteiger charge is 2.11. The quantitative estimate of drug-likeness (QED) is 0.199. The normalized spacial score (nSPS) is 11.9. The van der Waals surface area contributed by atoms with Gasteiger partial charge in [-0.3, -0.25) is 4.79 Å². The maximum absolute atomic E-state index is 11.0. The number of nitrogens with two attached hydrogens (primary N) is 1. The van der Waals surface area contributed by atoms with Crippen LogP contribution in [-0.2, 0) is 14.4 Å². The SMILES string of the molecule is NC(CS)C(=O)OCCCCO[N+](=O)[O-]. The number of nitrogens with zero attached hydrogens (tertiary/aromatic N) is 1. The predicted molar refractivity (Wildman–Crippen MR) is 55.0 cm³/mol. The minimum atomic E-state index is -0.858. The van der Waals surface area contributed by atoms with E-state index in [2.05, 4.69) is 17.5 Å². The number of hydrogen-bond acceptors (Lipinski definition) is 7. The number of esters is 1. The van der Waals surface area contributed by atoms with Crippen LogP contribution in [-0.4, -0.2) is 36.1 Å². The number of ether oxygens (including phenoxy) is 1. The van der Waals surface area contributed by atoms with Crippen LogP contribution in [0.25, 0.3) is 0 Å². The van der Waals surface area contributed by atoms with Gasteiger partial charge in [0.1, 0.15) is 6.04 Å². The Morgan fingerprint density at radius 1 is 1.47 bits per heavy atom. The van der Waals surface area contributed by atoms with Gasteiger partial charge >= 0.3 is 5.97 Å². The van der Waals surface area contributed by atoms with E-state index in [1.165, 1.54) is 0 Å². The molecule has 0 rings (SSSR count). The Morgan fingerprint density at radius 2 is 2.07 bits per heavy atom. The standard InChI is InChI=1S/C7H14N2O5S/c8-6(5-15)7(10)13-3-1-2-4-14-9(11)12/h6,15H,1-5,8H2. The molecule has 8 heteroatoms. The molecule has 0 bridgehead atoms. The lowest BCUT2D eigenvalue weighted by atomic mass is 10.3. The smallest absolute Gasteiger partial charge is 0.323 e. The largest absolute Gasteiger partial charge is 0.465 e. The molecule has 0 aliphatic carbocycles. The fourth-order valence-corrected chi connectivity index (χ4v) is 0.847. The first-order chi connectivity index (χ1) is 7.07. The van der Waals surface area contributed by atoms with E-state index in [4.69, 9.17) is 10.5 Å². The molecule has 7 nitrogen and oxygen atoms in total. The lowest BCUT2D eigenvalue weighted by Crippen LogP contribution is -2.34. The van der Waals surface area contributed by atoms with Crippen LogP contribution in [0.3, 0.4) is 0 Å². The van der Waals surface area contributed by atoms with Crippen molar-refractivity contribution in [2.75, 3.05) is 19.0 Å². The Morgan fingerprint density at radius 3 is 2.60 bits per heavy atom. The van der Waals surface area contributed by atoms with Crippen LogP contribution in [0.5, 0.6) is 0 Å². The Balaban J connectivity index is 3.31. The Hall–Kier alpha value is -1.02. The van der Waals surface area contributed by atoms with Crippen LogP contribution in [0.1, 0.15) is 12.8 Å². The topological polar surface area (TPSA) is 105 Å². The van der Waals surface area contributed by atoms with Crippen LogP contribution in [0.2, 0.25) is 0 Å². The molecule has 0 amide bonds. The average Bonchev–Trinajstić information content (AvgIpc) is 2.21. The molecular weight excluding hydrogens is 224 g/mol. The molecule has 15 heavy (non-hydrogen) atoms. The van der Waals surface area contributed by atoms with E-state index in [9.17, 15) is 14.9 Å². The maximum Gasteiger partial charge on any atom is 0.323 e. The molecule has 0 aromatic heterocycles. The molecule has 1 atom stereocenters. The Bertz CT molecular complexity index is 214. The van der Waals surface area contributed by atoms with Gasteiger partial charge in [-0.25, -0.2) is 0 Å². The molecular formula is C7H14N2O5S. The summed E-state index contributed by atoms with van der Waals surface area (Å²) in [6, 6.07) is -0.719. The summed E-state index contributed by atoms with van der Waals surface area (Å²) in [7, 11) is 0. The van der Waals surface area contributed by atoms with E-state index in [0.29, 0.717) is 12.8 Å². The summed E-state index contributed by atoms with van der Waals surface area (Å²) in [6.45, 7) is 0.185. The summed E-state index contributed by atoms with van der Waals surface area (Å²) < 4.78 is 4.76. The fraction of sp³-hybridized carbons (Fsp3) is 0.857. The van der Waals surface area contributed by atoms with Gasteiger partial charge in [0, 0.05) is 5.75 Å². The first-order valence-corrected chi connectivity index (χ1v) is 5.01. The molecule has 0 aliphatic rings. The van der Waals surface area contributed by atoms with Crippen molar-refractivity contribution in [3.8, 4) is 0 Å². The molecule has 88 valence electrons. The summed E-state index contributed by atoms with van der Waals surface area (Å²) in [5.41, 5.74) is 5.33. The van der Waals surface area contributed by atoms with Gasteiger partial charge in [-0.05, 0) is 12.8 Å². The van der Waals surface area contributed by atoms with Crippen LogP contribution < -0.4 is 5.73 Å². The molecule has 0 aliphatic heterocycles. The third-order valence-corrected chi connectivity index (χ3v) is 1.87. The zero-order valence-corrected chi connectivity index (χ0v) is 9.02. The number of unbranched alkanes of at least 4 members (excludes halogenated alkanes) is 1. The summed E-state index contributed by atoms with van der Waals surface area (Å²) in [4.78, 5) is 24.8. The number of hydrogen-bond donors (Lipinski definition) is 2. The van der Waals surface area contributed by atoms with Crippen molar-refractivity contribution in [2.24, 2.45) is 5.73 Å². The predicted octanol–water partition coefficient (Wildman–Crippen LogP) is -0.225. The van der Waals surface area contributed by atoms with Crippen LogP contribution in [0, 0.1) is 10.1 Å². The minimum absolute atomic E-state index is 0.00315. The summed E-state index contributed by atoms with van der Waals surface area (Å²) in [5.74, 6) is -0.288. The lowest BCUT2D eigenvalue weighted by Gasteiger charge is -2.08. The van der Waals surface area contributed by atoms with E-state index in [0.717, 1.165) is 0 Å². The van der Waals surface area contributed by atoms with Gasteiger partial charge in [0.05, 0.1) is 13.2 Å². The molecule has 0 aromatic carbocycles. The maximum atomic E-state index is 11.0. The van der Waals surface area contributed by atoms with Gasteiger partial charge in [-0.1, -0.05) is 0 Å². The summed E-state index contributed by atoms with van der Waals surface area (Å²) in [5, 5.41) is 8.88. The minimum Gasteiger partial charge on any atom is -0.465 e. The van der Waals surface area contributed by atoms with E-state index in [1.54, 1.807) is 0 Å². The monoisotopic (exact) mass is 238 g/mol. The van der Waals surface area contributed by atoms with Crippen molar-refractivity contribution in [3.05, 3.63) is 10.1 Å². The average molecular weight is 238 g/mol. The van der Waals surface area contributed by atoms with Crippen molar-refractivity contribution < 1.29 is 19.5 Å². The molecule has 0 saturated carbocycles. The van der Waals surface area contributed by atoms with Crippen LogP contribution in [0.15, 0.2) is 0 Å². The van der Waals surface area contributed by atoms with Crippen molar-refractivity contribution >= 4 is 18.6 Å². The number of carbonyl (C=O) groups excluding carboxylic acids is 1. The van der Waals surface area contributed by atoms with E-state index >= 15 is 0 Å². The van der Waals surface area contributed by atoms with Gasteiger partial charge in [0.2, 0.25) is 0 Å². The molecule has 2 N–H and O–H groups in total. The highest BCUT2D eigenvalue weighted by atomic mass is 32.1. The molecule has 0 aromatic rings. The van der Waals surface area contributed by atoms with Gasteiger partial charge in [0.15, 0.2) is 0 Å². The third kappa shape index (κ3) is 8.01. The molecule has 0 saturated heterocycles. The van der Waals surface area contributed by atoms with E-state index in [-0.39, 0.29) is 19.0 Å². The number of rotatable bonds is 8. The molecule has 0 radical (unpaired) electrons. The third-order valence-electron chi connectivity index (χ3n) is 1.48. The number of thiol groups is 1.